The van der Waals surface area contributed by atoms with Gasteiger partial charge in [-0.15, -0.1) is 0 Å². The fraction of sp³-hybridized carbons (Fsp3) is 0.800. The number of hydrogen-bond donors (Lipinski definition) is 1. The molecule has 1 aromatic heterocycles. The molecule has 1 fully saturated rings. The molecule has 0 saturated carbocycles. The molecule has 2 heterocycles. The lowest BCUT2D eigenvalue weighted by Gasteiger charge is -2.33. The molecule has 22 heavy (non-hydrogen) atoms. The number of aromatic nitrogens is 2. The Kier molecular flexibility index (Phi) is 5.76. The Morgan fingerprint density at radius 3 is 2.50 bits per heavy atom. The van der Waals surface area contributed by atoms with Crippen molar-refractivity contribution >= 4 is 11.6 Å². The quantitative estimate of drug-likeness (QED) is 0.646. The number of nitrogens with one attached hydrogen (secondary N) is 1. The average molecular weight is 309 g/mol. The number of nitro groups is 1. The van der Waals surface area contributed by atoms with Crippen molar-refractivity contribution in [2.45, 2.75) is 45.6 Å². The first-order valence-corrected chi connectivity index (χ1v) is 8.14. The first kappa shape index (κ1) is 16.7. The highest BCUT2D eigenvalue weighted by molar-refractivity contribution is 5.52. The molecule has 7 heteroatoms. The molecule has 1 aromatic rings. The lowest BCUT2D eigenvalue weighted by molar-refractivity contribution is -0.388. The zero-order chi connectivity index (χ0) is 16.1. The van der Waals surface area contributed by atoms with Crippen molar-refractivity contribution in [3.05, 3.63) is 16.4 Å². The molecule has 7 nitrogen and oxygen atoms in total. The van der Waals surface area contributed by atoms with Crippen molar-refractivity contribution in [3.8, 4) is 0 Å². The molecule has 2 rings (SSSR count). The van der Waals surface area contributed by atoms with Gasteiger partial charge in [0.25, 0.3) is 0 Å². The number of anilines is 1. The predicted molar refractivity (Wildman–Crippen MR) is 87.0 cm³/mol. The topological polar surface area (TPSA) is 76.2 Å². The maximum absolute atomic E-state index is 11.0. The highest BCUT2D eigenvalue weighted by Gasteiger charge is 2.25. The highest BCUT2D eigenvalue weighted by atomic mass is 16.6. The lowest BCUT2D eigenvalue weighted by atomic mass is 10.0. The molecule has 0 spiro atoms. The van der Waals surface area contributed by atoms with Crippen LogP contribution in [0.1, 0.15) is 39.5 Å². The summed E-state index contributed by atoms with van der Waals surface area (Å²) in [5, 5.41) is 14.3. The fourth-order valence-corrected chi connectivity index (χ4v) is 3.17. The largest absolute Gasteiger partial charge is 0.406 e. The molecule has 1 aliphatic rings. The number of rotatable bonds is 6. The minimum absolute atomic E-state index is 0.0964. The third-order valence-electron chi connectivity index (χ3n) is 4.45. The lowest BCUT2D eigenvalue weighted by Crippen LogP contribution is -2.44. The van der Waals surface area contributed by atoms with E-state index < -0.39 is 4.92 Å². The fourth-order valence-electron chi connectivity index (χ4n) is 3.17. The Hall–Kier alpha value is -1.63. The number of hydrogen-bond acceptors (Lipinski definition) is 5. The van der Waals surface area contributed by atoms with Crippen LogP contribution in [0.3, 0.4) is 0 Å². The van der Waals surface area contributed by atoms with Crippen LogP contribution < -0.4 is 5.32 Å². The molecule has 124 valence electrons. The van der Waals surface area contributed by atoms with Gasteiger partial charge >= 0.3 is 5.82 Å². The van der Waals surface area contributed by atoms with Crippen molar-refractivity contribution in [1.29, 1.82) is 0 Å². The molecule has 1 saturated heterocycles. The minimum atomic E-state index is -0.432. The van der Waals surface area contributed by atoms with Crippen molar-refractivity contribution < 1.29 is 4.92 Å². The smallest absolute Gasteiger partial charge is 0.363 e. The Morgan fingerprint density at radius 1 is 1.32 bits per heavy atom. The van der Waals surface area contributed by atoms with E-state index in [1.165, 1.54) is 32.0 Å². The summed E-state index contributed by atoms with van der Waals surface area (Å²) in [4.78, 5) is 17.0. The summed E-state index contributed by atoms with van der Waals surface area (Å²) >= 11 is 0. The van der Waals surface area contributed by atoms with Gasteiger partial charge in [-0.3, -0.25) is 9.47 Å². The zero-order valence-corrected chi connectivity index (χ0v) is 13.8. The van der Waals surface area contributed by atoms with E-state index in [2.05, 4.69) is 29.0 Å². The van der Waals surface area contributed by atoms with E-state index in [1.54, 1.807) is 11.6 Å². The summed E-state index contributed by atoms with van der Waals surface area (Å²) in [5.41, 5.74) is 0. The van der Waals surface area contributed by atoms with Gasteiger partial charge in [0.2, 0.25) is 12.1 Å². The van der Waals surface area contributed by atoms with Gasteiger partial charge in [-0.1, -0.05) is 26.7 Å². The summed E-state index contributed by atoms with van der Waals surface area (Å²) in [6.07, 6.45) is 6.59. The summed E-state index contributed by atoms with van der Waals surface area (Å²) in [5.74, 6) is 0.893. The van der Waals surface area contributed by atoms with Crippen molar-refractivity contribution in [1.82, 2.24) is 14.5 Å². The third kappa shape index (κ3) is 3.97. The van der Waals surface area contributed by atoms with Gasteiger partial charge in [0, 0.05) is 19.6 Å². The van der Waals surface area contributed by atoms with Gasteiger partial charge in [0.1, 0.15) is 0 Å². The molecular weight excluding hydrogens is 282 g/mol. The normalized spacial score (nSPS) is 18.2. The van der Waals surface area contributed by atoms with E-state index in [-0.39, 0.29) is 5.82 Å². The summed E-state index contributed by atoms with van der Waals surface area (Å²) in [6, 6.07) is 0.382. The minimum Gasteiger partial charge on any atom is -0.363 e. The van der Waals surface area contributed by atoms with E-state index >= 15 is 0 Å². The summed E-state index contributed by atoms with van der Waals surface area (Å²) in [7, 11) is 1.78. The van der Waals surface area contributed by atoms with Crippen LogP contribution in [-0.4, -0.2) is 45.1 Å². The van der Waals surface area contributed by atoms with Gasteiger partial charge in [0.15, 0.2) is 0 Å². The number of imidazole rings is 1. The Bertz CT molecular complexity index is 492. The van der Waals surface area contributed by atoms with Crippen LogP contribution in [0.15, 0.2) is 6.33 Å². The molecular formula is C15H27N5O2. The van der Waals surface area contributed by atoms with E-state index in [0.717, 1.165) is 13.1 Å². The maximum Gasteiger partial charge on any atom is 0.406 e. The molecule has 1 atom stereocenters. The monoisotopic (exact) mass is 309 g/mol. The molecule has 0 amide bonds. The predicted octanol–water partition coefficient (Wildman–Crippen LogP) is 2.64. The highest BCUT2D eigenvalue weighted by Crippen LogP contribution is 2.23. The van der Waals surface area contributed by atoms with Crippen molar-refractivity contribution in [2.24, 2.45) is 13.0 Å². The van der Waals surface area contributed by atoms with Crippen LogP contribution in [0, 0.1) is 16.0 Å². The number of nitrogens with zero attached hydrogens (tertiary/aromatic N) is 4. The third-order valence-corrected chi connectivity index (χ3v) is 4.45. The van der Waals surface area contributed by atoms with Crippen molar-refractivity contribution in [3.63, 3.8) is 0 Å². The number of likely N-dealkylation sites (tertiary alicyclic amines) is 1. The van der Waals surface area contributed by atoms with Crippen LogP contribution in [-0.2, 0) is 7.05 Å². The SMILES string of the molecule is CC(C)[C@@H](CNc1c([N+](=O)[O-])ncn1C)N1CCCCCC1. The average Bonchev–Trinajstić information content (AvgIpc) is 2.67. The van der Waals surface area contributed by atoms with E-state index in [9.17, 15) is 10.1 Å². The van der Waals surface area contributed by atoms with Crippen LogP contribution >= 0.6 is 0 Å². The van der Waals surface area contributed by atoms with Crippen LogP contribution in [0.25, 0.3) is 0 Å². The van der Waals surface area contributed by atoms with Gasteiger partial charge in [-0.25, -0.2) is 0 Å². The number of aryl methyl sites for hydroxylation is 1. The maximum atomic E-state index is 11.0. The molecule has 1 N–H and O–H groups in total. The molecule has 0 aromatic carbocycles. The second kappa shape index (κ2) is 7.58. The van der Waals surface area contributed by atoms with Gasteiger partial charge < -0.3 is 15.4 Å². The molecule has 1 aliphatic heterocycles. The van der Waals surface area contributed by atoms with Crippen LogP contribution in [0.5, 0.6) is 0 Å². The van der Waals surface area contributed by atoms with E-state index in [1.807, 2.05) is 0 Å². The summed E-state index contributed by atoms with van der Waals surface area (Å²) < 4.78 is 1.68. The van der Waals surface area contributed by atoms with Crippen molar-refractivity contribution in [2.75, 3.05) is 25.0 Å². The van der Waals surface area contributed by atoms with Gasteiger partial charge in [-0.05, 0) is 41.8 Å². The Morgan fingerprint density at radius 2 is 1.95 bits per heavy atom. The first-order valence-electron chi connectivity index (χ1n) is 8.14. The molecule has 0 bridgehead atoms. The van der Waals surface area contributed by atoms with Gasteiger partial charge in [0.05, 0.1) is 0 Å². The summed E-state index contributed by atoms with van der Waals surface area (Å²) in [6.45, 7) is 7.39. The molecule has 0 aliphatic carbocycles. The second-order valence-corrected chi connectivity index (χ2v) is 6.43. The molecule has 0 radical (unpaired) electrons. The van der Waals surface area contributed by atoms with Crippen LogP contribution in [0.2, 0.25) is 0 Å². The van der Waals surface area contributed by atoms with E-state index in [4.69, 9.17) is 0 Å². The standard InChI is InChI=1S/C15H27N5O2/c1-12(2)13(19-8-6-4-5-7-9-19)10-16-14-15(20(21)22)17-11-18(14)3/h11-13,16H,4-10H2,1-3H3/t13-/m1/s1. The van der Waals surface area contributed by atoms with E-state index in [0.29, 0.717) is 24.3 Å². The van der Waals surface area contributed by atoms with Gasteiger partial charge in [-0.2, -0.15) is 0 Å². The van der Waals surface area contributed by atoms with Crippen LogP contribution in [0.4, 0.5) is 11.6 Å². The molecule has 0 unspecified atom stereocenters. The first-order chi connectivity index (χ1) is 10.5. The Balaban J connectivity index is 2.05. The zero-order valence-electron chi connectivity index (χ0n) is 13.8. The second-order valence-electron chi connectivity index (χ2n) is 6.43. The Labute approximate surface area is 131 Å².